The van der Waals surface area contributed by atoms with E-state index in [4.69, 9.17) is 14.9 Å². The highest BCUT2D eigenvalue weighted by Crippen LogP contribution is 2.20. The van der Waals surface area contributed by atoms with E-state index in [2.05, 4.69) is 4.98 Å². The predicted molar refractivity (Wildman–Crippen MR) is 69.5 cm³/mol. The molecule has 5 nitrogen and oxygen atoms in total. The summed E-state index contributed by atoms with van der Waals surface area (Å²) in [5.41, 5.74) is 7.29. The van der Waals surface area contributed by atoms with Crippen molar-refractivity contribution in [3.05, 3.63) is 53.7 Å². The number of rotatable bonds is 5. The van der Waals surface area contributed by atoms with Crippen LogP contribution in [0.5, 0.6) is 0 Å². The van der Waals surface area contributed by atoms with Gasteiger partial charge in [-0.25, -0.2) is 9.78 Å². The standard InChI is InChI=1S/C14H16N2O3/c1-2-18-14(17)12-13(19-9-16-12)11(15)8-10-6-4-3-5-7-10/h3-7,9,11H,2,8,15H2,1H3. The molecule has 5 heteroatoms. The van der Waals surface area contributed by atoms with Crippen LogP contribution in [-0.4, -0.2) is 17.6 Å². The summed E-state index contributed by atoms with van der Waals surface area (Å²) in [5, 5.41) is 0. The summed E-state index contributed by atoms with van der Waals surface area (Å²) in [5.74, 6) is -0.142. The summed E-state index contributed by atoms with van der Waals surface area (Å²) in [6.45, 7) is 2.03. The Morgan fingerprint density at radius 3 is 2.84 bits per heavy atom. The van der Waals surface area contributed by atoms with Gasteiger partial charge in [-0.3, -0.25) is 0 Å². The Hall–Kier alpha value is -2.14. The third-order valence-electron chi connectivity index (χ3n) is 2.70. The first kappa shape index (κ1) is 13.3. The molecule has 0 aliphatic rings. The smallest absolute Gasteiger partial charge is 0.360 e. The number of carbonyl (C=O) groups is 1. The van der Waals surface area contributed by atoms with E-state index in [1.807, 2.05) is 30.3 Å². The van der Waals surface area contributed by atoms with E-state index in [9.17, 15) is 4.79 Å². The summed E-state index contributed by atoms with van der Waals surface area (Å²) in [7, 11) is 0. The number of nitrogens with zero attached hydrogens (tertiary/aromatic N) is 1. The molecule has 1 aromatic heterocycles. The van der Waals surface area contributed by atoms with Crippen molar-refractivity contribution in [1.29, 1.82) is 0 Å². The fourth-order valence-corrected chi connectivity index (χ4v) is 1.83. The van der Waals surface area contributed by atoms with Crippen LogP contribution in [0.25, 0.3) is 0 Å². The van der Waals surface area contributed by atoms with Crippen molar-refractivity contribution in [3.63, 3.8) is 0 Å². The minimum absolute atomic E-state index is 0.158. The number of aromatic nitrogens is 1. The van der Waals surface area contributed by atoms with Gasteiger partial charge in [0, 0.05) is 0 Å². The lowest BCUT2D eigenvalue weighted by Crippen LogP contribution is -2.17. The molecule has 2 rings (SSSR count). The number of oxazole rings is 1. The van der Waals surface area contributed by atoms with Gasteiger partial charge in [0.2, 0.25) is 0 Å². The van der Waals surface area contributed by atoms with Gasteiger partial charge in [-0.15, -0.1) is 0 Å². The predicted octanol–water partition coefficient (Wildman–Crippen LogP) is 2.09. The van der Waals surface area contributed by atoms with E-state index >= 15 is 0 Å². The van der Waals surface area contributed by atoms with Crippen LogP contribution in [0.3, 0.4) is 0 Å². The molecule has 0 saturated carbocycles. The summed E-state index contributed by atoms with van der Waals surface area (Å²) in [4.78, 5) is 15.6. The number of carbonyl (C=O) groups excluding carboxylic acids is 1. The molecule has 1 aromatic carbocycles. The van der Waals surface area contributed by atoms with E-state index in [-0.39, 0.29) is 5.69 Å². The molecule has 2 N–H and O–H groups in total. The van der Waals surface area contributed by atoms with Gasteiger partial charge in [0.1, 0.15) is 0 Å². The molecule has 0 bridgehead atoms. The molecule has 0 fully saturated rings. The zero-order valence-corrected chi connectivity index (χ0v) is 10.7. The first-order valence-corrected chi connectivity index (χ1v) is 6.12. The second-order valence-electron chi connectivity index (χ2n) is 4.08. The van der Waals surface area contributed by atoms with Crippen LogP contribution in [0.4, 0.5) is 0 Å². The molecule has 1 unspecified atom stereocenters. The van der Waals surface area contributed by atoms with Crippen molar-refractivity contribution < 1.29 is 13.9 Å². The fraction of sp³-hybridized carbons (Fsp3) is 0.286. The molecule has 0 saturated heterocycles. The normalized spacial score (nSPS) is 12.1. The van der Waals surface area contributed by atoms with Crippen molar-refractivity contribution in [3.8, 4) is 0 Å². The van der Waals surface area contributed by atoms with Crippen LogP contribution in [0.2, 0.25) is 0 Å². The lowest BCUT2D eigenvalue weighted by atomic mass is 10.0. The fourth-order valence-electron chi connectivity index (χ4n) is 1.83. The van der Waals surface area contributed by atoms with E-state index in [0.29, 0.717) is 18.8 Å². The van der Waals surface area contributed by atoms with Crippen LogP contribution >= 0.6 is 0 Å². The highest BCUT2D eigenvalue weighted by atomic mass is 16.5. The van der Waals surface area contributed by atoms with Crippen molar-refractivity contribution >= 4 is 5.97 Å². The average Bonchev–Trinajstić information content (AvgIpc) is 2.89. The molecule has 19 heavy (non-hydrogen) atoms. The van der Waals surface area contributed by atoms with Gasteiger partial charge in [-0.1, -0.05) is 30.3 Å². The van der Waals surface area contributed by atoms with E-state index in [1.54, 1.807) is 6.92 Å². The van der Waals surface area contributed by atoms with E-state index < -0.39 is 12.0 Å². The second-order valence-corrected chi connectivity index (χ2v) is 4.08. The molecule has 100 valence electrons. The molecule has 1 atom stereocenters. The summed E-state index contributed by atoms with van der Waals surface area (Å²) >= 11 is 0. The molecule has 0 amide bonds. The van der Waals surface area contributed by atoms with Gasteiger partial charge in [0.25, 0.3) is 0 Å². The summed E-state index contributed by atoms with van der Waals surface area (Å²) < 4.78 is 10.1. The number of nitrogens with two attached hydrogens (primary N) is 1. The van der Waals surface area contributed by atoms with Crippen LogP contribution < -0.4 is 5.73 Å². The molecule has 1 heterocycles. The highest BCUT2D eigenvalue weighted by Gasteiger charge is 2.23. The zero-order valence-electron chi connectivity index (χ0n) is 10.7. The number of ether oxygens (including phenoxy) is 1. The van der Waals surface area contributed by atoms with Gasteiger partial charge in [0.05, 0.1) is 12.6 Å². The SMILES string of the molecule is CCOC(=O)c1ncoc1C(N)Cc1ccccc1. The van der Waals surface area contributed by atoms with Gasteiger partial charge >= 0.3 is 5.97 Å². The van der Waals surface area contributed by atoms with Crippen molar-refractivity contribution in [1.82, 2.24) is 4.98 Å². The van der Waals surface area contributed by atoms with Crippen molar-refractivity contribution in [2.75, 3.05) is 6.61 Å². The van der Waals surface area contributed by atoms with E-state index in [1.165, 1.54) is 6.39 Å². The Bertz CT molecular complexity index is 537. The Balaban J connectivity index is 2.13. The highest BCUT2D eigenvalue weighted by molar-refractivity contribution is 5.88. The molecule has 0 radical (unpaired) electrons. The Labute approximate surface area is 111 Å². The van der Waals surface area contributed by atoms with Gasteiger partial charge in [0.15, 0.2) is 17.8 Å². The number of esters is 1. The molecule has 0 spiro atoms. The second kappa shape index (κ2) is 6.15. The monoisotopic (exact) mass is 260 g/mol. The molecular weight excluding hydrogens is 244 g/mol. The summed E-state index contributed by atoms with van der Waals surface area (Å²) in [6.07, 6.45) is 1.79. The van der Waals surface area contributed by atoms with Gasteiger partial charge in [-0.2, -0.15) is 0 Å². The molecule has 0 aliphatic carbocycles. The lowest BCUT2D eigenvalue weighted by molar-refractivity contribution is 0.0517. The quantitative estimate of drug-likeness (QED) is 0.833. The summed E-state index contributed by atoms with van der Waals surface area (Å²) in [6, 6.07) is 9.33. The lowest BCUT2D eigenvalue weighted by Gasteiger charge is -2.10. The van der Waals surface area contributed by atoms with Crippen LogP contribution in [0.1, 0.15) is 34.8 Å². The number of hydrogen-bond donors (Lipinski definition) is 1. The molecular formula is C14H16N2O3. The van der Waals surface area contributed by atoms with Crippen LogP contribution in [-0.2, 0) is 11.2 Å². The van der Waals surface area contributed by atoms with Gasteiger partial charge < -0.3 is 14.9 Å². The maximum absolute atomic E-state index is 11.7. The Kier molecular flexibility index (Phi) is 4.30. The third kappa shape index (κ3) is 3.20. The average molecular weight is 260 g/mol. The first-order valence-electron chi connectivity index (χ1n) is 6.12. The van der Waals surface area contributed by atoms with Crippen molar-refractivity contribution in [2.24, 2.45) is 5.73 Å². The van der Waals surface area contributed by atoms with Gasteiger partial charge in [-0.05, 0) is 18.9 Å². The van der Waals surface area contributed by atoms with Crippen LogP contribution in [0.15, 0.2) is 41.1 Å². The largest absolute Gasteiger partial charge is 0.461 e. The van der Waals surface area contributed by atoms with Crippen LogP contribution in [0, 0.1) is 0 Å². The molecule has 0 aliphatic heterocycles. The third-order valence-corrected chi connectivity index (χ3v) is 2.70. The number of benzene rings is 1. The molecule has 2 aromatic rings. The Morgan fingerprint density at radius 2 is 2.16 bits per heavy atom. The maximum atomic E-state index is 11.7. The minimum atomic E-state index is -0.505. The minimum Gasteiger partial charge on any atom is -0.461 e. The zero-order chi connectivity index (χ0) is 13.7. The van der Waals surface area contributed by atoms with Crippen molar-refractivity contribution in [2.45, 2.75) is 19.4 Å². The first-order chi connectivity index (χ1) is 9.22. The van der Waals surface area contributed by atoms with E-state index in [0.717, 1.165) is 5.56 Å². The maximum Gasteiger partial charge on any atom is 0.360 e. The Morgan fingerprint density at radius 1 is 1.42 bits per heavy atom. The topological polar surface area (TPSA) is 78.3 Å². The number of hydrogen-bond acceptors (Lipinski definition) is 5.